The Morgan fingerprint density at radius 1 is 1.47 bits per heavy atom. The van der Waals surface area contributed by atoms with E-state index in [2.05, 4.69) is 10.3 Å². The fourth-order valence-electron chi connectivity index (χ4n) is 1.35. The molecule has 0 aliphatic carbocycles. The van der Waals surface area contributed by atoms with Gasteiger partial charge in [-0.2, -0.15) is 0 Å². The highest BCUT2D eigenvalue weighted by Crippen LogP contribution is 2.22. The van der Waals surface area contributed by atoms with Crippen molar-refractivity contribution in [1.29, 1.82) is 0 Å². The molecule has 96 valence electrons. The topological polar surface area (TPSA) is 54.4 Å². The van der Waals surface area contributed by atoms with Gasteiger partial charge in [0.05, 0.1) is 17.4 Å². The van der Waals surface area contributed by atoms with Crippen LogP contribution in [0.4, 0.5) is 5.69 Å². The maximum absolute atomic E-state index is 9.62. The number of hydrogen-bond donors (Lipinski definition) is 2. The lowest BCUT2D eigenvalue weighted by Gasteiger charge is -2.18. The minimum absolute atomic E-state index is 0.0970. The highest BCUT2D eigenvalue weighted by molar-refractivity contribution is 5.52. The molecule has 4 heteroatoms. The number of aromatic nitrogens is 1. The maximum atomic E-state index is 9.62. The molecule has 17 heavy (non-hydrogen) atoms. The number of aliphatic hydroxyl groups is 1. The Kier molecular flexibility index (Phi) is 4.75. The predicted molar refractivity (Wildman–Crippen MR) is 69.4 cm³/mol. The van der Waals surface area contributed by atoms with Crippen molar-refractivity contribution in [3.8, 4) is 5.88 Å². The third-order valence-corrected chi connectivity index (χ3v) is 2.17. The van der Waals surface area contributed by atoms with Crippen LogP contribution in [-0.2, 0) is 0 Å². The third kappa shape index (κ3) is 5.54. The first kappa shape index (κ1) is 13.8. The molecule has 0 amide bonds. The van der Waals surface area contributed by atoms with Crippen molar-refractivity contribution in [3.63, 3.8) is 0 Å². The van der Waals surface area contributed by atoms with Crippen LogP contribution in [0, 0.1) is 0 Å². The highest BCUT2D eigenvalue weighted by atomic mass is 16.5. The Bertz CT molecular complexity index is 346. The number of hydrogen-bond acceptors (Lipinski definition) is 4. The summed E-state index contributed by atoms with van der Waals surface area (Å²) in [6.45, 7) is 8.21. The van der Waals surface area contributed by atoms with E-state index >= 15 is 0 Å². The minimum Gasteiger partial charge on any atom is -0.473 e. The second-order valence-corrected chi connectivity index (χ2v) is 5.01. The van der Waals surface area contributed by atoms with Crippen molar-refractivity contribution in [2.45, 2.75) is 45.8 Å². The summed E-state index contributed by atoms with van der Waals surface area (Å²) < 4.78 is 5.59. The second kappa shape index (κ2) is 5.87. The molecule has 1 heterocycles. The maximum Gasteiger partial charge on any atom is 0.237 e. The molecule has 0 atom stereocenters. The molecule has 0 aliphatic rings. The van der Waals surface area contributed by atoms with E-state index in [0.717, 1.165) is 5.69 Å². The van der Waals surface area contributed by atoms with E-state index in [1.165, 1.54) is 0 Å². The molecule has 1 aromatic rings. The quantitative estimate of drug-likeness (QED) is 0.799. The highest BCUT2D eigenvalue weighted by Gasteiger charge is 2.12. The first-order valence-electron chi connectivity index (χ1n) is 5.96. The van der Waals surface area contributed by atoms with Crippen LogP contribution < -0.4 is 10.1 Å². The molecule has 4 nitrogen and oxygen atoms in total. The van der Waals surface area contributed by atoms with Crippen molar-refractivity contribution < 1.29 is 9.84 Å². The molecular formula is C13H22N2O2. The first-order chi connectivity index (χ1) is 7.88. The fourth-order valence-corrected chi connectivity index (χ4v) is 1.35. The number of pyridine rings is 1. The molecular weight excluding hydrogens is 216 g/mol. The number of ether oxygens (including phenoxy) is 1. The van der Waals surface area contributed by atoms with Gasteiger partial charge in [-0.25, -0.2) is 4.98 Å². The minimum atomic E-state index is -0.658. The summed E-state index contributed by atoms with van der Waals surface area (Å²) in [6, 6.07) is 3.79. The van der Waals surface area contributed by atoms with E-state index in [1.807, 2.05) is 26.0 Å². The lowest BCUT2D eigenvalue weighted by Crippen LogP contribution is -2.23. The van der Waals surface area contributed by atoms with Gasteiger partial charge in [-0.05, 0) is 46.2 Å². The van der Waals surface area contributed by atoms with Crippen LogP contribution in [-0.4, -0.2) is 28.3 Å². The Morgan fingerprint density at radius 2 is 2.18 bits per heavy atom. The number of nitrogens with zero attached hydrogens (tertiary/aromatic N) is 1. The number of nitrogens with one attached hydrogen (secondary N) is 1. The molecule has 1 aromatic heterocycles. The van der Waals surface area contributed by atoms with E-state index in [-0.39, 0.29) is 6.10 Å². The Morgan fingerprint density at radius 3 is 2.76 bits per heavy atom. The summed E-state index contributed by atoms with van der Waals surface area (Å²) in [5, 5.41) is 12.9. The molecule has 0 bridgehead atoms. The van der Waals surface area contributed by atoms with E-state index in [0.29, 0.717) is 18.8 Å². The van der Waals surface area contributed by atoms with Crippen molar-refractivity contribution in [2.75, 3.05) is 11.9 Å². The predicted octanol–water partition coefficient (Wildman–Crippen LogP) is 2.44. The smallest absolute Gasteiger partial charge is 0.237 e. The van der Waals surface area contributed by atoms with Gasteiger partial charge < -0.3 is 15.2 Å². The largest absolute Gasteiger partial charge is 0.473 e. The van der Waals surface area contributed by atoms with E-state index in [4.69, 9.17) is 4.74 Å². The first-order valence-corrected chi connectivity index (χ1v) is 5.96. The molecule has 0 spiro atoms. The second-order valence-electron chi connectivity index (χ2n) is 5.01. The Hall–Kier alpha value is -1.29. The molecule has 0 aromatic carbocycles. The van der Waals surface area contributed by atoms with Gasteiger partial charge in [-0.1, -0.05) is 0 Å². The van der Waals surface area contributed by atoms with E-state index in [1.54, 1.807) is 20.0 Å². The SMILES string of the molecule is CC(C)Oc1ncccc1NCCC(C)(C)O. The number of anilines is 1. The molecule has 0 saturated carbocycles. The molecule has 1 rings (SSSR count). The normalized spacial score (nSPS) is 11.6. The zero-order valence-corrected chi connectivity index (χ0v) is 11.0. The van der Waals surface area contributed by atoms with Gasteiger partial charge in [-0.15, -0.1) is 0 Å². The van der Waals surface area contributed by atoms with Crippen LogP contribution in [0.25, 0.3) is 0 Å². The lowest BCUT2D eigenvalue weighted by atomic mass is 10.1. The van der Waals surface area contributed by atoms with E-state index in [9.17, 15) is 5.11 Å². The zero-order chi connectivity index (χ0) is 12.9. The summed E-state index contributed by atoms with van der Waals surface area (Å²) >= 11 is 0. The molecule has 0 aliphatic heterocycles. The summed E-state index contributed by atoms with van der Waals surface area (Å²) in [7, 11) is 0. The third-order valence-electron chi connectivity index (χ3n) is 2.17. The average molecular weight is 238 g/mol. The molecule has 0 radical (unpaired) electrons. The van der Waals surface area contributed by atoms with Gasteiger partial charge in [0.1, 0.15) is 0 Å². The van der Waals surface area contributed by atoms with Crippen molar-refractivity contribution in [1.82, 2.24) is 4.98 Å². The fraction of sp³-hybridized carbons (Fsp3) is 0.615. The van der Waals surface area contributed by atoms with Gasteiger partial charge in [0.15, 0.2) is 0 Å². The van der Waals surface area contributed by atoms with Crippen LogP contribution in [0.3, 0.4) is 0 Å². The zero-order valence-electron chi connectivity index (χ0n) is 11.0. The van der Waals surface area contributed by atoms with Crippen LogP contribution >= 0.6 is 0 Å². The van der Waals surface area contributed by atoms with Crippen LogP contribution in [0.2, 0.25) is 0 Å². The van der Waals surface area contributed by atoms with Gasteiger partial charge in [-0.3, -0.25) is 0 Å². The monoisotopic (exact) mass is 238 g/mol. The number of rotatable bonds is 6. The standard InChI is InChI=1S/C13H22N2O2/c1-10(2)17-12-11(6-5-8-15-12)14-9-7-13(3,4)16/h5-6,8,10,14,16H,7,9H2,1-4H3. The molecule has 2 N–H and O–H groups in total. The van der Waals surface area contributed by atoms with Crippen molar-refractivity contribution in [2.24, 2.45) is 0 Å². The molecule has 0 fully saturated rings. The van der Waals surface area contributed by atoms with Crippen LogP contribution in [0.15, 0.2) is 18.3 Å². The van der Waals surface area contributed by atoms with Crippen LogP contribution in [0.5, 0.6) is 5.88 Å². The summed E-state index contributed by atoms with van der Waals surface area (Å²) in [6.07, 6.45) is 2.47. The lowest BCUT2D eigenvalue weighted by molar-refractivity contribution is 0.0748. The van der Waals surface area contributed by atoms with Gasteiger partial charge in [0, 0.05) is 12.7 Å². The van der Waals surface area contributed by atoms with Gasteiger partial charge >= 0.3 is 0 Å². The average Bonchev–Trinajstić information content (AvgIpc) is 2.18. The summed E-state index contributed by atoms with van der Waals surface area (Å²) in [4.78, 5) is 4.19. The Labute approximate surface area is 103 Å². The summed E-state index contributed by atoms with van der Waals surface area (Å²) in [5.74, 6) is 0.609. The summed E-state index contributed by atoms with van der Waals surface area (Å²) in [5.41, 5.74) is 0.208. The van der Waals surface area contributed by atoms with E-state index < -0.39 is 5.60 Å². The Balaban J connectivity index is 2.58. The van der Waals surface area contributed by atoms with Gasteiger partial charge in [0.2, 0.25) is 5.88 Å². The van der Waals surface area contributed by atoms with Crippen molar-refractivity contribution >= 4 is 5.69 Å². The van der Waals surface area contributed by atoms with Gasteiger partial charge in [0.25, 0.3) is 0 Å². The molecule has 0 unspecified atom stereocenters. The molecule has 0 saturated heterocycles. The van der Waals surface area contributed by atoms with Crippen LogP contribution in [0.1, 0.15) is 34.1 Å². The van der Waals surface area contributed by atoms with Crippen molar-refractivity contribution in [3.05, 3.63) is 18.3 Å².